The first-order valence-corrected chi connectivity index (χ1v) is 4.56. The summed E-state index contributed by atoms with van der Waals surface area (Å²) in [5.74, 6) is -1.63. The highest BCUT2D eigenvalue weighted by Crippen LogP contribution is 2.13. The molecule has 0 fully saturated rings. The van der Waals surface area contributed by atoms with E-state index < -0.39 is 24.3 Å². The highest BCUT2D eigenvalue weighted by atomic mass is 16.4. The Bertz CT molecular complexity index is 388. The first kappa shape index (κ1) is 12.0. The van der Waals surface area contributed by atoms with Gasteiger partial charge in [-0.1, -0.05) is 0 Å². The molecule has 16 heavy (non-hydrogen) atoms. The zero-order valence-corrected chi connectivity index (χ0v) is 8.38. The number of carboxylic acid groups (broad SMARTS) is 1. The summed E-state index contributed by atoms with van der Waals surface area (Å²) in [6, 6.07) is 4.68. The first-order chi connectivity index (χ1) is 7.49. The van der Waals surface area contributed by atoms with Gasteiger partial charge in [0.1, 0.15) is 5.75 Å². The molecule has 0 heterocycles. The Hall–Kier alpha value is -2.08. The summed E-state index contributed by atoms with van der Waals surface area (Å²) in [7, 11) is 0. The largest absolute Gasteiger partial charge is 0.508 e. The van der Waals surface area contributed by atoms with Crippen LogP contribution in [0.3, 0.4) is 0 Å². The van der Waals surface area contributed by atoms with Crippen molar-refractivity contribution in [1.29, 1.82) is 0 Å². The lowest BCUT2D eigenvalue weighted by Gasteiger charge is -2.09. The summed E-state index contributed by atoms with van der Waals surface area (Å²) < 4.78 is 0. The summed E-state index contributed by atoms with van der Waals surface area (Å²) >= 11 is 0. The fourth-order valence-electron chi connectivity index (χ4n) is 1.06. The van der Waals surface area contributed by atoms with Gasteiger partial charge >= 0.3 is 5.97 Å². The Labute approximate surface area is 91.7 Å². The van der Waals surface area contributed by atoms with Gasteiger partial charge in [-0.3, -0.25) is 9.59 Å². The second-order valence-corrected chi connectivity index (χ2v) is 3.24. The second-order valence-electron chi connectivity index (χ2n) is 3.24. The van der Waals surface area contributed by atoms with Crippen LogP contribution in [0.1, 0.15) is 6.42 Å². The number of hydrogen-bond acceptors (Lipinski definition) is 4. The van der Waals surface area contributed by atoms with Gasteiger partial charge < -0.3 is 21.3 Å². The number of nitrogens with one attached hydrogen (secondary N) is 1. The number of aliphatic carboxylic acids is 1. The van der Waals surface area contributed by atoms with E-state index in [1.54, 1.807) is 0 Å². The van der Waals surface area contributed by atoms with Crippen molar-refractivity contribution in [3.63, 3.8) is 0 Å². The standard InChI is InChI=1S/C10H12N2O4/c11-8(5-9(14)15)10(16)12-6-1-3-7(13)4-2-6/h1-4,8,13H,5,11H2,(H,12,16)(H,14,15)/t8-/m0/s1. The average molecular weight is 224 g/mol. The Kier molecular flexibility index (Phi) is 3.84. The summed E-state index contributed by atoms with van der Waals surface area (Å²) in [4.78, 5) is 21.7. The third-order valence-electron chi connectivity index (χ3n) is 1.87. The maximum Gasteiger partial charge on any atom is 0.305 e. The monoisotopic (exact) mass is 224 g/mol. The predicted molar refractivity (Wildman–Crippen MR) is 57.0 cm³/mol. The van der Waals surface area contributed by atoms with Gasteiger partial charge in [0.25, 0.3) is 0 Å². The van der Waals surface area contributed by atoms with Gasteiger partial charge in [-0.2, -0.15) is 0 Å². The van der Waals surface area contributed by atoms with E-state index >= 15 is 0 Å². The molecule has 6 heteroatoms. The molecular weight excluding hydrogens is 212 g/mol. The van der Waals surface area contributed by atoms with Gasteiger partial charge in [0.2, 0.25) is 5.91 Å². The molecule has 6 nitrogen and oxygen atoms in total. The highest BCUT2D eigenvalue weighted by molar-refractivity contribution is 5.96. The van der Waals surface area contributed by atoms with Crippen molar-refractivity contribution in [2.45, 2.75) is 12.5 Å². The van der Waals surface area contributed by atoms with Crippen molar-refractivity contribution in [3.05, 3.63) is 24.3 Å². The lowest BCUT2D eigenvalue weighted by atomic mass is 10.2. The number of carboxylic acids is 1. The molecule has 1 rings (SSSR count). The zero-order valence-electron chi connectivity index (χ0n) is 8.38. The molecule has 0 saturated carbocycles. The van der Waals surface area contributed by atoms with Crippen molar-refractivity contribution >= 4 is 17.6 Å². The maximum absolute atomic E-state index is 11.4. The SMILES string of the molecule is N[C@@H](CC(=O)O)C(=O)Nc1ccc(O)cc1. The van der Waals surface area contributed by atoms with E-state index in [4.69, 9.17) is 15.9 Å². The molecule has 5 N–H and O–H groups in total. The molecule has 1 amide bonds. The van der Waals surface area contributed by atoms with Crippen molar-refractivity contribution in [2.24, 2.45) is 5.73 Å². The van der Waals surface area contributed by atoms with Crippen LogP contribution in [-0.2, 0) is 9.59 Å². The number of phenols is 1. The molecule has 1 aromatic rings. The van der Waals surface area contributed by atoms with Crippen LogP contribution in [-0.4, -0.2) is 28.1 Å². The topological polar surface area (TPSA) is 113 Å². The Morgan fingerprint density at radius 1 is 1.31 bits per heavy atom. The summed E-state index contributed by atoms with van der Waals surface area (Å²) in [6.07, 6.45) is -0.427. The molecule has 86 valence electrons. The highest BCUT2D eigenvalue weighted by Gasteiger charge is 2.16. The van der Waals surface area contributed by atoms with Gasteiger partial charge in [-0.25, -0.2) is 0 Å². The Morgan fingerprint density at radius 2 is 1.88 bits per heavy atom. The lowest BCUT2D eigenvalue weighted by Crippen LogP contribution is -2.37. The molecule has 0 aliphatic rings. The molecule has 0 spiro atoms. The molecule has 0 aliphatic heterocycles. The summed E-state index contributed by atoms with van der Waals surface area (Å²) in [5.41, 5.74) is 5.80. The molecule has 0 unspecified atom stereocenters. The van der Waals surface area contributed by atoms with E-state index in [1.165, 1.54) is 24.3 Å². The van der Waals surface area contributed by atoms with Crippen LogP contribution in [0.4, 0.5) is 5.69 Å². The number of nitrogens with two attached hydrogens (primary N) is 1. The number of carbonyl (C=O) groups is 2. The van der Waals surface area contributed by atoms with E-state index in [2.05, 4.69) is 5.32 Å². The molecular formula is C10H12N2O4. The fraction of sp³-hybridized carbons (Fsp3) is 0.200. The van der Waals surface area contributed by atoms with Crippen LogP contribution in [0.25, 0.3) is 0 Å². The van der Waals surface area contributed by atoms with E-state index in [1.807, 2.05) is 0 Å². The van der Waals surface area contributed by atoms with E-state index in [9.17, 15) is 9.59 Å². The fourth-order valence-corrected chi connectivity index (χ4v) is 1.06. The molecule has 0 aliphatic carbocycles. The first-order valence-electron chi connectivity index (χ1n) is 4.56. The van der Waals surface area contributed by atoms with Crippen LogP contribution >= 0.6 is 0 Å². The van der Waals surface area contributed by atoms with Crippen LogP contribution in [0.15, 0.2) is 24.3 Å². The number of hydrogen-bond donors (Lipinski definition) is 4. The van der Waals surface area contributed by atoms with Crippen molar-refractivity contribution in [1.82, 2.24) is 0 Å². The smallest absolute Gasteiger partial charge is 0.305 e. The maximum atomic E-state index is 11.4. The number of benzene rings is 1. The van der Waals surface area contributed by atoms with Crippen molar-refractivity contribution in [2.75, 3.05) is 5.32 Å². The Morgan fingerprint density at radius 3 is 2.38 bits per heavy atom. The van der Waals surface area contributed by atoms with Gasteiger partial charge in [-0.15, -0.1) is 0 Å². The van der Waals surface area contributed by atoms with Gasteiger partial charge in [0.05, 0.1) is 12.5 Å². The molecule has 1 atom stereocenters. The molecule has 0 bridgehead atoms. The zero-order chi connectivity index (χ0) is 12.1. The summed E-state index contributed by atoms with van der Waals surface area (Å²) in [5, 5.41) is 19.9. The van der Waals surface area contributed by atoms with E-state index in [-0.39, 0.29) is 5.75 Å². The van der Waals surface area contributed by atoms with E-state index in [0.717, 1.165) is 0 Å². The molecule has 0 aromatic heterocycles. The molecule has 1 aromatic carbocycles. The second kappa shape index (κ2) is 5.13. The normalized spacial score (nSPS) is 11.8. The quantitative estimate of drug-likeness (QED) is 0.543. The minimum atomic E-state index is -1.13. The van der Waals surface area contributed by atoms with Crippen molar-refractivity contribution < 1.29 is 19.8 Å². The van der Waals surface area contributed by atoms with Crippen LogP contribution in [0, 0.1) is 0 Å². The van der Waals surface area contributed by atoms with Crippen LogP contribution in [0.2, 0.25) is 0 Å². The van der Waals surface area contributed by atoms with E-state index in [0.29, 0.717) is 5.69 Å². The number of aromatic hydroxyl groups is 1. The van der Waals surface area contributed by atoms with Crippen LogP contribution in [0.5, 0.6) is 5.75 Å². The lowest BCUT2D eigenvalue weighted by molar-refractivity contribution is -0.138. The third kappa shape index (κ3) is 3.58. The number of carbonyl (C=O) groups excluding carboxylic acids is 1. The number of amides is 1. The van der Waals surface area contributed by atoms with Gasteiger partial charge in [0, 0.05) is 5.69 Å². The third-order valence-corrected chi connectivity index (χ3v) is 1.87. The minimum Gasteiger partial charge on any atom is -0.508 e. The minimum absolute atomic E-state index is 0.0767. The average Bonchev–Trinajstić information content (AvgIpc) is 2.20. The number of anilines is 1. The summed E-state index contributed by atoms with van der Waals surface area (Å²) in [6.45, 7) is 0. The predicted octanol–water partition coefficient (Wildman–Crippen LogP) is 0.133. The Balaban J connectivity index is 2.57. The van der Waals surface area contributed by atoms with Gasteiger partial charge in [-0.05, 0) is 24.3 Å². The van der Waals surface area contributed by atoms with Gasteiger partial charge in [0.15, 0.2) is 0 Å². The number of phenolic OH excluding ortho intramolecular Hbond substituents is 1. The molecule has 0 radical (unpaired) electrons. The number of rotatable bonds is 4. The van der Waals surface area contributed by atoms with Crippen LogP contribution < -0.4 is 11.1 Å². The van der Waals surface area contributed by atoms with Crippen molar-refractivity contribution in [3.8, 4) is 5.75 Å². The molecule has 0 saturated heterocycles.